The maximum atomic E-state index is 12.2. The van der Waals surface area contributed by atoms with Crippen molar-refractivity contribution < 1.29 is 14.3 Å². The summed E-state index contributed by atoms with van der Waals surface area (Å²) in [5.74, 6) is 0.920. The summed E-state index contributed by atoms with van der Waals surface area (Å²) in [6.07, 6.45) is -0.648. The van der Waals surface area contributed by atoms with Crippen LogP contribution in [0.3, 0.4) is 0 Å². The van der Waals surface area contributed by atoms with Crippen LogP contribution in [0, 0.1) is 6.92 Å². The molecule has 0 saturated heterocycles. The Morgan fingerprint density at radius 3 is 2.68 bits per heavy atom. The summed E-state index contributed by atoms with van der Waals surface area (Å²) in [5, 5.41) is 3.28. The molecule has 0 fully saturated rings. The minimum atomic E-state index is -0.648. The average molecular weight is 320 g/mol. The molecule has 0 heterocycles. The van der Waals surface area contributed by atoms with Gasteiger partial charge in [0.1, 0.15) is 11.5 Å². The zero-order chi connectivity index (χ0) is 16.1. The molecule has 2 aromatic carbocycles. The van der Waals surface area contributed by atoms with Crippen molar-refractivity contribution in [3.8, 4) is 11.5 Å². The number of halogens is 1. The first-order valence-electron chi connectivity index (χ1n) is 6.87. The van der Waals surface area contributed by atoms with E-state index >= 15 is 0 Å². The Labute approximate surface area is 135 Å². The van der Waals surface area contributed by atoms with E-state index in [0.717, 1.165) is 5.56 Å². The van der Waals surface area contributed by atoms with Crippen LogP contribution in [-0.2, 0) is 4.79 Å². The number of hydrogen-bond donors (Lipinski definition) is 1. The van der Waals surface area contributed by atoms with E-state index in [0.29, 0.717) is 22.2 Å². The van der Waals surface area contributed by atoms with Crippen molar-refractivity contribution in [2.45, 2.75) is 20.0 Å². The first kappa shape index (κ1) is 16.2. The summed E-state index contributed by atoms with van der Waals surface area (Å²) >= 11 is 5.95. The number of benzene rings is 2. The zero-order valence-corrected chi connectivity index (χ0v) is 13.5. The van der Waals surface area contributed by atoms with Crippen LogP contribution in [0.4, 0.5) is 5.69 Å². The predicted octanol–water partition coefficient (Wildman–Crippen LogP) is 4.06. The molecule has 0 aromatic heterocycles. The van der Waals surface area contributed by atoms with E-state index in [4.69, 9.17) is 21.1 Å². The van der Waals surface area contributed by atoms with Crippen LogP contribution in [0.25, 0.3) is 0 Å². The zero-order valence-electron chi connectivity index (χ0n) is 12.7. The fourth-order valence-corrected chi connectivity index (χ4v) is 2.13. The summed E-state index contributed by atoms with van der Waals surface area (Å²) in [6.45, 7) is 3.66. The molecule has 2 rings (SSSR count). The van der Waals surface area contributed by atoms with Gasteiger partial charge in [0.15, 0.2) is 6.10 Å². The van der Waals surface area contributed by atoms with Gasteiger partial charge in [-0.2, -0.15) is 0 Å². The number of amides is 1. The fourth-order valence-electron chi connectivity index (χ4n) is 1.96. The molecule has 0 aliphatic heterocycles. The van der Waals surface area contributed by atoms with Gasteiger partial charge >= 0.3 is 0 Å². The molecule has 1 atom stereocenters. The molecule has 1 N–H and O–H groups in total. The van der Waals surface area contributed by atoms with E-state index < -0.39 is 6.10 Å². The van der Waals surface area contributed by atoms with Crippen molar-refractivity contribution in [1.29, 1.82) is 0 Å². The normalized spacial score (nSPS) is 11.6. The van der Waals surface area contributed by atoms with Gasteiger partial charge in [-0.3, -0.25) is 4.79 Å². The van der Waals surface area contributed by atoms with Crippen LogP contribution < -0.4 is 14.8 Å². The van der Waals surface area contributed by atoms with E-state index in [1.165, 1.54) is 7.11 Å². The van der Waals surface area contributed by atoms with Crippen molar-refractivity contribution >= 4 is 23.2 Å². The highest BCUT2D eigenvalue weighted by atomic mass is 35.5. The molecule has 5 heteroatoms. The van der Waals surface area contributed by atoms with Crippen LogP contribution in [0.1, 0.15) is 12.5 Å². The van der Waals surface area contributed by atoms with Crippen molar-refractivity contribution in [3.63, 3.8) is 0 Å². The van der Waals surface area contributed by atoms with Gasteiger partial charge in [0.25, 0.3) is 5.91 Å². The molecule has 2 aromatic rings. The number of anilines is 1. The lowest BCUT2D eigenvalue weighted by Gasteiger charge is -2.16. The van der Waals surface area contributed by atoms with Crippen molar-refractivity contribution in [3.05, 3.63) is 53.1 Å². The lowest BCUT2D eigenvalue weighted by molar-refractivity contribution is -0.122. The van der Waals surface area contributed by atoms with Crippen LogP contribution in [0.15, 0.2) is 42.5 Å². The highest BCUT2D eigenvalue weighted by Crippen LogP contribution is 2.28. The molecule has 0 aliphatic rings. The van der Waals surface area contributed by atoms with Gasteiger partial charge in [-0.25, -0.2) is 0 Å². The van der Waals surface area contributed by atoms with Crippen LogP contribution in [0.5, 0.6) is 11.5 Å². The van der Waals surface area contributed by atoms with Crippen LogP contribution in [0.2, 0.25) is 5.02 Å². The molecule has 116 valence electrons. The molecular weight excluding hydrogens is 302 g/mol. The topological polar surface area (TPSA) is 47.6 Å². The third kappa shape index (κ3) is 4.15. The SMILES string of the molecule is COc1ccc(Cl)cc1NC(=O)C(C)Oc1cccc(C)c1. The summed E-state index contributed by atoms with van der Waals surface area (Å²) in [6, 6.07) is 12.6. The Bertz CT molecular complexity index is 673. The Hall–Kier alpha value is -2.20. The van der Waals surface area contributed by atoms with E-state index in [1.54, 1.807) is 25.1 Å². The number of aryl methyl sites for hydroxylation is 1. The molecule has 0 spiro atoms. The molecule has 1 amide bonds. The Morgan fingerprint density at radius 2 is 2.00 bits per heavy atom. The number of carbonyl (C=O) groups excluding carboxylic acids is 1. The number of carbonyl (C=O) groups is 1. The third-order valence-corrected chi connectivity index (χ3v) is 3.33. The van der Waals surface area contributed by atoms with E-state index in [9.17, 15) is 4.79 Å². The minimum Gasteiger partial charge on any atom is -0.495 e. The molecule has 0 bridgehead atoms. The Kier molecular flexibility index (Phi) is 5.28. The number of ether oxygens (including phenoxy) is 2. The van der Waals surface area contributed by atoms with Crippen LogP contribution in [-0.4, -0.2) is 19.1 Å². The van der Waals surface area contributed by atoms with Gasteiger partial charge in [0, 0.05) is 5.02 Å². The maximum absolute atomic E-state index is 12.2. The Morgan fingerprint density at radius 1 is 1.23 bits per heavy atom. The number of nitrogens with one attached hydrogen (secondary N) is 1. The second kappa shape index (κ2) is 7.18. The summed E-state index contributed by atoms with van der Waals surface area (Å²) in [4.78, 5) is 12.2. The van der Waals surface area contributed by atoms with Gasteiger partial charge in [-0.1, -0.05) is 23.7 Å². The maximum Gasteiger partial charge on any atom is 0.265 e. The van der Waals surface area contributed by atoms with E-state index in [-0.39, 0.29) is 5.91 Å². The summed E-state index contributed by atoms with van der Waals surface area (Å²) in [7, 11) is 1.53. The number of methoxy groups -OCH3 is 1. The second-order valence-corrected chi connectivity index (χ2v) is 5.35. The largest absolute Gasteiger partial charge is 0.495 e. The van der Waals surface area contributed by atoms with Gasteiger partial charge in [0.2, 0.25) is 0 Å². The first-order chi connectivity index (χ1) is 10.5. The van der Waals surface area contributed by atoms with Crippen molar-refractivity contribution in [1.82, 2.24) is 0 Å². The van der Waals surface area contributed by atoms with Crippen molar-refractivity contribution in [2.24, 2.45) is 0 Å². The molecule has 0 radical (unpaired) electrons. The Balaban J connectivity index is 2.07. The molecule has 4 nitrogen and oxygen atoms in total. The van der Waals surface area contributed by atoms with Gasteiger partial charge in [0.05, 0.1) is 12.8 Å². The predicted molar refractivity (Wildman–Crippen MR) is 87.9 cm³/mol. The second-order valence-electron chi connectivity index (χ2n) is 4.91. The molecular formula is C17H18ClNO3. The fraction of sp³-hybridized carbons (Fsp3) is 0.235. The molecule has 22 heavy (non-hydrogen) atoms. The number of hydrogen-bond acceptors (Lipinski definition) is 3. The first-order valence-corrected chi connectivity index (χ1v) is 7.25. The van der Waals surface area contributed by atoms with Gasteiger partial charge in [-0.05, 0) is 49.7 Å². The lowest BCUT2D eigenvalue weighted by atomic mass is 10.2. The van der Waals surface area contributed by atoms with Crippen molar-refractivity contribution in [2.75, 3.05) is 12.4 Å². The summed E-state index contributed by atoms with van der Waals surface area (Å²) < 4.78 is 10.8. The molecule has 1 unspecified atom stereocenters. The highest BCUT2D eigenvalue weighted by molar-refractivity contribution is 6.31. The standard InChI is InChI=1S/C17H18ClNO3/c1-11-5-4-6-14(9-11)22-12(2)17(20)19-15-10-13(18)7-8-16(15)21-3/h4-10,12H,1-3H3,(H,19,20). The molecule has 0 saturated carbocycles. The monoisotopic (exact) mass is 319 g/mol. The average Bonchev–Trinajstić information content (AvgIpc) is 2.47. The van der Waals surface area contributed by atoms with Gasteiger partial charge < -0.3 is 14.8 Å². The summed E-state index contributed by atoms with van der Waals surface area (Å²) in [5.41, 5.74) is 1.58. The minimum absolute atomic E-state index is 0.276. The molecule has 0 aliphatic carbocycles. The van der Waals surface area contributed by atoms with E-state index in [1.807, 2.05) is 31.2 Å². The third-order valence-electron chi connectivity index (χ3n) is 3.09. The smallest absolute Gasteiger partial charge is 0.265 e. The number of rotatable bonds is 5. The van der Waals surface area contributed by atoms with Gasteiger partial charge in [-0.15, -0.1) is 0 Å². The lowest BCUT2D eigenvalue weighted by Crippen LogP contribution is -2.30. The quantitative estimate of drug-likeness (QED) is 0.904. The highest BCUT2D eigenvalue weighted by Gasteiger charge is 2.17. The van der Waals surface area contributed by atoms with E-state index in [2.05, 4.69) is 5.32 Å². The van der Waals surface area contributed by atoms with Crippen LogP contribution >= 0.6 is 11.6 Å².